The third-order valence-electron chi connectivity index (χ3n) is 1.47. The first-order valence-electron chi connectivity index (χ1n) is 4.03. The Kier molecular flexibility index (Phi) is 2.72. The smallest absolute Gasteiger partial charge is 0.284 e. The molecule has 7 heteroatoms. The van der Waals surface area contributed by atoms with Crippen LogP contribution in [0, 0.1) is 6.92 Å². The van der Waals surface area contributed by atoms with Crippen molar-refractivity contribution >= 4 is 18.0 Å². The highest BCUT2D eigenvalue weighted by molar-refractivity contribution is 7.98. The lowest BCUT2D eigenvalue weighted by Crippen LogP contribution is -1.89. The van der Waals surface area contributed by atoms with Gasteiger partial charge in [0.25, 0.3) is 5.22 Å². The second-order valence-electron chi connectivity index (χ2n) is 2.61. The molecule has 0 aromatic carbocycles. The second-order valence-corrected chi connectivity index (χ2v) is 3.52. The van der Waals surface area contributed by atoms with Crippen LogP contribution in [0.25, 0.3) is 0 Å². The molecule has 0 atom stereocenters. The van der Waals surface area contributed by atoms with Crippen molar-refractivity contribution in [2.24, 2.45) is 0 Å². The summed E-state index contributed by atoms with van der Waals surface area (Å²) in [6.45, 7) is 1.70. The Morgan fingerprint density at radius 2 is 2.07 bits per heavy atom. The zero-order valence-corrected chi connectivity index (χ0v) is 8.56. The van der Waals surface area contributed by atoms with Crippen molar-refractivity contribution < 1.29 is 9.21 Å². The molecule has 0 radical (unpaired) electrons. The Labute approximate surface area is 89.1 Å². The quantitative estimate of drug-likeness (QED) is 0.568. The molecule has 15 heavy (non-hydrogen) atoms. The molecule has 0 unspecified atom stereocenters. The lowest BCUT2D eigenvalue weighted by Gasteiger charge is -1.93. The summed E-state index contributed by atoms with van der Waals surface area (Å²) in [4.78, 5) is 18.2. The summed E-state index contributed by atoms with van der Waals surface area (Å²) in [5.74, 6) is 0.488. The van der Waals surface area contributed by atoms with Gasteiger partial charge in [-0.25, -0.2) is 9.97 Å². The van der Waals surface area contributed by atoms with Gasteiger partial charge in [0.1, 0.15) is 0 Å². The van der Waals surface area contributed by atoms with E-state index in [-0.39, 0.29) is 0 Å². The Morgan fingerprint density at radius 1 is 1.33 bits per heavy atom. The van der Waals surface area contributed by atoms with Gasteiger partial charge in [-0.1, -0.05) is 0 Å². The van der Waals surface area contributed by atoms with Crippen molar-refractivity contribution in [2.75, 3.05) is 0 Å². The van der Waals surface area contributed by atoms with E-state index in [1.807, 2.05) is 0 Å². The molecule has 2 aromatic heterocycles. The summed E-state index contributed by atoms with van der Waals surface area (Å²) in [6.07, 6.45) is 3.56. The summed E-state index contributed by atoms with van der Waals surface area (Å²) in [5.41, 5.74) is 0.432. The first-order chi connectivity index (χ1) is 7.28. The molecule has 0 bridgehead atoms. The van der Waals surface area contributed by atoms with Crippen molar-refractivity contribution in [1.29, 1.82) is 0 Å². The van der Waals surface area contributed by atoms with Gasteiger partial charge in [-0.15, -0.1) is 10.2 Å². The van der Waals surface area contributed by atoms with Crippen molar-refractivity contribution in [3.63, 3.8) is 0 Å². The Bertz CT molecular complexity index is 468. The fourth-order valence-electron chi connectivity index (χ4n) is 0.837. The van der Waals surface area contributed by atoms with Crippen LogP contribution in [-0.2, 0) is 0 Å². The molecule has 0 amide bonds. The topological polar surface area (TPSA) is 81.8 Å². The van der Waals surface area contributed by atoms with Gasteiger partial charge >= 0.3 is 0 Å². The summed E-state index contributed by atoms with van der Waals surface area (Å²) in [7, 11) is 0. The van der Waals surface area contributed by atoms with E-state index in [0.29, 0.717) is 28.1 Å². The molecular weight excluding hydrogens is 216 g/mol. The fraction of sp³-hybridized carbons (Fsp3) is 0.125. The second kappa shape index (κ2) is 4.18. The number of rotatable bonds is 3. The predicted molar refractivity (Wildman–Crippen MR) is 50.6 cm³/mol. The molecule has 0 N–H and O–H groups in total. The first-order valence-corrected chi connectivity index (χ1v) is 4.85. The van der Waals surface area contributed by atoms with Crippen molar-refractivity contribution in [1.82, 2.24) is 20.2 Å². The normalized spacial score (nSPS) is 10.2. The molecule has 0 fully saturated rings. The number of aldehydes is 1. The van der Waals surface area contributed by atoms with E-state index in [1.165, 1.54) is 12.4 Å². The molecule has 2 aromatic rings. The van der Waals surface area contributed by atoms with Gasteiger partial charge in [-0.2, -0.15) is 0 Å². The Hall–Kier alpha value is -1.76. The standard InChI is InChI=1S/C8H6N4O2S/c1-5-11-12-8(14-5)15-7-9-2-6(4-13)3-10-7/h2-4H,1H3. The Morgan fingerprint density at radius 3 is 2.60 bits per heavy atom. The molecule has 2 heterocycles. The highest BCUT2D eigenvalue weighted by atomic mass is 32.2. The van der Waals surface area contributed by atoms with E-state index in [0.717, 1.165) is 11.8 Å². The van der Waals surface area contributed by atoms with E-state index >= 15 is 0 Å². The van der Waals surface area contributed by atoms with Crippen LogP contribution in [0.5, 0.6) is 0 Å². The van der Waals surface area contributed by atoms with Gasteiger partial charge in [-0.3, -0.25) is 4.79 Å². The highest BCUT2D eigenvalue weighted by Crippen LogP contribution is 2.21. The lowest BCUT2D eigenvalue weighted by atomic mass is 10.4. The van der Waals surface area contributed by atoms with E-state index in [9.17, 15) is 4.79 Å². The number of hydrogen-bond donors (Lipinski definition) is 0. The third kappa shape index (κ3) is 2.38. The third-order valence-corrected chi connectivity index (χ3v) is 2.20. The number of aromatic nitrogens is 4. The van der Waals surface area contributed by atoms with Crippen molar-refractivity contribution in [3.05, 3.63) is 23.8 Å². The zero-order chi connectivity index (χ0) is 10.7. The van der Waals surface area contributed by atoms with Crippen LogP contribution >= 0.6 is 11.8 Å². The molecule has 0 saturated heterocycles. The molecule has 0 aliphatic heterocycles. The maximum Gasteiger partial charge on any atom is 0.284 e. The average Bonchev–Trinajstić information content (AvgIpc) is 2.65. The van der Waals surface area contributed by atoms with E-state index in [4.69, 9.17) is 4.42 Å². The van der Waals surface area contributed by atoms with Gasteiger partial charge in [0.15, 0.2) is 11.4 Å². The number of carbonyl (C=O) groups excluding carboxylic acids is 1. The van der Waals surface area contributed by atoms with Crippen LogP contribution in [0.3, 0.4) is 0 Å². The minimum absolute atomic E-state index is 0.381. The fourth-order valence-corrected chi connectivity index (χ4v) is 1.45. The first kappa shape index (κ1) is 9.78. The largest absolute Gasteiger partial charge is 0.416 e. The summed E-state index contributed by atoms with van der Waals surface area (Å²) >= 11 is 1.15. The van der Waals surface area contributed by atoms with Crippen LogP contribution in [0.4, 0.5) is 0 Å². The van der Waals surface area contributed by atoms with Crippen LogP contribution < -0.4 is 0 Å². The molecule has 2 rings (SSSR count). The van der Waals surface area contributed by atoms with Crippen LogP contribution in [0.15, 0.2) is 27.2 Å². The number of nitrogens with zero attached hydrogens (tertiary/aromatic N) is 4. The molecule has 0 aliphatic rings. The lowest BCUT2D eigenvalue weighted by molar-refractivity contribution is 0.112. The van der Waals surface area contributed by atoms with Crippen LogP contribution in [0.1, 0.15) is 16.2 Å². The SMILES string of the molecule is Cc1nnc(Sc2ncc(C=O)cn2)o1. The summed E-state index contributed by atoms with van der Waals surface area (Å²) in [5, 5.41) is 8.29. The van der Waals surface area contributed by atoms with E-state index < -0.39 is 0 Å². The maximum atomic E-state index is 10.4. The minimum Gasteiger partial charge on any atom is -0.416 e. The number of aryl methyl sites for hydroxylation is 1. The summed E-state index contributed by atoms with van der Waals surface area (Å²) < 4.78 is 5.14. The average molecular weight is 222 g/mol. The van der Waals surface area contributed by atoms with Gasteiger partial charge in [0, 0.05) is 31.1 Å². The molecule has 6 nitrogen and oxygen atoms in total. The van der Waals surface area contributed by atoms with Gasteiger partial charge in [0.2, 0.25) is 5.89 Å². The minimum atomic E-state index is 0.381. The number of carbonyl (C=O) groups is 1. The van der Waals surface area contributed by atoms with Crippen LogP contribution in [-0.4, -0.2) is 26.5 Å². The van der Waals surface area contributed by atoms with Gasteiger partial charge in [0.05, 0.1) is 5.56 Å². The number of hydrogen-bond acceptors (Lipinski definition) is 7. The van der Waals surface area contributed by atoms with E-state index in [1.54, 1.807) is 6.92 Å². The Balaban J connectivity index is 2.14. The molecule has 0 spiro atoms. The van der Waals surface area contributed by atoms with Gasteiger partial charge in [-0.05, 0) is 0 Å². The molecule has 76 valence electrons. The molecule has 0 aliphatic carbocycles. The van der Waals surface area contributed by atoms with E-state index in [2.05, 4.69) is 20.2 Å². The molecule has 0 saturated carbocycles. The molecular formula is C8H6N4O2S. The maximum absolute atomic E-state index is 10.4. The van der Waals surface area contributed by atoms with Crippen LogP contribution in [0.2, 0.25) is 0 Å². The van der Waals surface area contributed by atoms with Gasteiger partial charge < -0.3 is 4.42 Å². The monoisotopic (exact) mass is 222 g/mol. The predicted octanol–water partition coefficient (Wildman–Crippen LogP) is 1.13. The zero-order valence-electron chi connectivity index (χ0n) is 7.75. The summed E-state index contributed by atoms with van der Waals surface area (Å²) in [6, 6.07) is 0. The van der Waals surface area contributed by atoms with Crippen molar-refractivity contribution in [2.45, 2.75) is 17.3 Å². The highest BCUT2D eigenvalue weighted by Gasteiger charge is 2.06. The van der Waals surface area contributed by atoms with Crippen molar-refractivity contribution in [3.8, 4) is 0 Å².